The Balaban J connectivity index is 1.58. The van der Waals surface area contributed by atoms with E-state index in [0.717, 1.165) is 31.2 Å². The minimum Gasteiger partial charge on any atom is -0.390 e. The van der Waals surface area contributed by atoms with Crippen LogP contribution in [0.4, 0.5) is 0 Å². The van der Waals surface area contributed by atoms with Crippen LogP contribution in [0.2, 0.25) is 5.02 Å². The van der Waals surface area contributed by atoms with Crippen molar-refractivity contribution in [3.05, 3.63) is 34.9 Å². The number of hydrogen-bond donors (Lipinski definition) is 2. The number of nitrogens with one attached hydrogen (secondary N) is 1. The summed E-state index contributed by atoms with van der Waals surface area (Å²) in [5.74, 6) is 0.639. The molecule has 0 aliphatic carbocycles. The number of benzene rings is 1. The second-order valence-corrected chi connectivity index (χ2v) is 6.09. The summed E-state index contributed by atoms with van der Waals surface area (Å²) in [4.78, 5) is 2.44. The fraction of sp³-hybridized carbons (Fsp3) is 0.600. The molecule has 2 aliphatic rings. The number of aliphatic hydroxyl groups is 1. The van der Waals surface area contributed by atoms with Crippen molar-refractivity contribution >= 4 is 11.6 Å². The Hall–Kier alpha value is -0.610. The van der Waals surface area contributed by atoms with Crippen molar-refractivity contribution in [3.8, 4) is 0 Å². The van der Waals surface area contributed by atoms with Gasteiger partial charge in [-0.25, -0.2) is 0 Å². The van der Waals surface area contributed by atoms with E-state index in [-0.39, 0.29) is 6.10 Å². The van der Waals surface area contributed by atoms with E-state index in [1.165, 1.54) is 18.4 Å². The Morgan fingerprint density at radius 3 is 2.37 bits per heavy atom. The molecule has 0 spiro atoms. The minimum absolute atomic E-state index is 0.202. The van der Waals surface area contributed by atoms with Gasteiger partial charge in [-0.05, 0) is 49.5 Å². The van der Waals surface area contributed by atoms with Crippen molar-refractivity contribution in [2.45, 2.75) is 30.9 Å². The molecule has 2 atom stereocenters. The maximum absolute atomic E-state index is 9.94. The van der Waals surface area contributed by atoms with Crippen LogP contribution in [0.3, 0.4) is 0 Å². The van der Waals surface area contributed by atoms with Crippen LogP contribution < -0.4 is 5.32 Å². The molecule has 104 valence electrons. The molecular weight excluding hydrogens is 260 g/mol. The van der Waals surface area contributed by atoms with E-state index in [1.807, 2.05) is 12.1 Å². The first-order valence-electron chi connectivity index (χ1n) is 7.12. The van der Waals surface area contributed by atoms with Crippen LogP contribution >= 0.6 is 11.6 Å². The third-order valence-electron chi connectivity index (χ3n) is 4.49. The molecule has 0 saturated carbocycles. The number of aliphatic hydroxyl groups excluding tert-OH is 1. The van der Waals surface area contributed by atoms with Gasteiger partial charge in [0.15, 0.2) is 0 Å². The molecule has 2 N–H and O–H groups in total. The third-order valence-corrected chi connectivity index (χ3v) is 4.74. The molecule has 19 heavy (non-hydrogen) atoms. The molecule has 1 aromatic carbocycles. The van der Waals surface area contributed by atoms with Crippen LogP contribution in [-0.4, -0.2) is 48.3 Å². The average molecular weight is 281 g/mol. The maximum Gasteiger partial charge on any atom is 0.0831 e. The molecule has 0 amide bonds. The maximum atomic E-state index is 9.94. The molecule has 0 bridgehead atoms. The zero-order valence-electron chi connectivity index (χ0n) is 11.1. The number of β-amino-alcohol motifs (C(OH)–C–C–N with tert-alkyl or cyclic N) is 1. The lowest BCUT2D eigenvalue weighted by atomic mass is 9.89. The topological polar surface area (TPSA) is 35.5 Å². The summed E-state index contributed by atoms with van der Waals surface area (Å²) in [5.41, 5.74) is 1.40. The van der Waals surface area contributed by atoms with E-state index in [9.17, 15) is 5.11 Å². The lowest BCUT2D eigenvalue weighted by Gasteiger charge is -2.37. The number of piperidine rings is 1. The van der Waals surface area contributed by atoms with Crippen LogP contribution in [0.15, 0.2) is 24.3 Å². The largest absolute Gasteiger partial charge is 0.390 e. The fourth-order valence-electron chi connectivity index (χ4n) is 3.32. The van der Waals surface area contributed by atoms with Crippen LogP contribution in [0.25, 0.3) is 0 Å². The highest BCUT2D eigenvalue weighted by Crippen LogP contribution is 2.30. The first-order valence-corrected chi connectivity index (χ1v) is 7.50. The molecule has 0 radical (unpaired) electrons. The number of rotatable bonds is 2. The zero-order chi connectivity index (χ0) is 13.2. The summed E-state index contributed by atoms with van der Waals surface area (Å²) in [5, 5.41) is 14.0. The van der Waals surface area contributed by atoms with Crippen molar-refractivity contribution in [2.24, 2.45) is 0 Å². The van der Waals surface area contributed by atoms with Crippen molar-refractivity contribution < 1.29 is 5.11 Å². The predicted octanol–water partition coefficient (Wildman–Crippen LogP) is 1.85. The third kappa shape index (κ3) is 2.95. The fourth-order valence-corrected chi connectivity index (χ4v) is 3.45. The first-order chi connectivity index (χ1) is 9.24. The second kappa shape index (κ2) is 5.80. The van der Waals surface area contributed by atoms with Gasteiger partial charge in [0.2, 0.25) is 0 Å². The Bertz CT molecular complexity index is 415. The molecule has 2 fully saturated rings. The van der Waals surface area contributed by atoms with Gasteiger partial charge in [-0.15, -0.1) is 0 Å². The molecular formula is C15H21ClN2O. The second-order valence-electron chi connectivity index (χ2n) is 5.65. The molecule has 4 heteroatoms. The van der Waals surface area contributed by atoms with Gasteiger partial charge >= 0.3 is 0 Å². The smallest absolute Gasteiger partial charge is 0.0831 e. The van der Waals surface area contributed by atoms with E-state index < -0.39 is 0 Å². The normalized spacial score (nSPS) is 29.8. The molecule has 0 unspecified atom stereocenters. The highest BCUT2D eigenvalue weighted by molar-refractivity contribution is 6.30. The monoisotopic (exact) mass is 280 g/mol. The van der Waals surface area contributed by atoms with Gasteiger partial charge in [-0.3, -0.25) is 4.90 Å². The first kappa shape index (κ1) is 13.4. The molecule has 2 heterocycles. The van der Waals surface area contributed by atoms with Gasteiger partial charge in [0, 0.05) is 24.2 Å². The Kier molecular flexibility index (Phi) is 4.08. The average Bonchev–Trinajstić information content (AvgIpc) is 2.86. The van der Waals surface area contributed by atoms with Crippen molar-refractivity contribution in [1.82, 2.24) is 10.2 Å². The Labute approximate surface area is 119 Å². The molecule has 3 nitrogen and oxygen atoms in total. The summed E-state index contributed by atoms with van der Waals surface area (Å²) in [6.45, 7) is 3.82. The molecule has 1 aromatic rings. The van der Waals surface area contributed by atoms with E-state index in [2.05, 4.69) is 22.3 Å². The standard InChI is InChI=1S/C15H21ClN2O/c16-13-3-1-11(2-4-13)12-5-7-18(8-6-12)14-9-17-10-15(14)19/h1-4,12,14-15,17,19H,5-10H2/t14-,15-/m0/s1. The predicted molar refractivity (Wildman–Crippen MR) is 77.7 cm³/mol. The number of nitrogens with zero attached hydrogens (tertiary/aromatic N) is 1. The van der Waals surface area contributed by atoms with Gasteiger partial charge in [0.1, 0.15) is 0 Å². The van der Waals surface area contributed by atoms with Gasteiger partial charge < -0.3 is 10.4 Å². The van der Waals surface area contributed by atoms with Gasteiger partial charge in [-0.2, -0.15) is 0 Å². The Morgan fingerprint density at radius 1 is 1.11 bits per heavy atom. The molecule has 3 rings (SSSR count). The minimum atomic E-state index is -0.202. The lowest BCUT2D eigenvalue weighted by Crippen LogP contribution is -2.46. The lowest BCUT2D eigenvalue weighted by molar-refractivity contribution is 0.0664. The molecule has 2 aliphatic heterocycles. The van der Waals surface area contributed by atoms with Crippen molar-refractivity contribution in [2.75, 3.05) is 26.2 Å². The SMILES string of the molecule is O[C@H]1CNC[C@@H]1N1CCC(c2ccc(Cl)cc2)CC1. The van der Waals surface area contributed by atoms with Crippen LogP contribution in [0, 0.1) is 0 Å². The quantitative estimate of drug-likeness (QED) is 0.868. The summed E-state index contributed by atoms with van der Waals surface area (Å²) in [6.07, 6.45) is 2.14. The van der Waals surface area contributed by atoms with Crippen LogP contribution in [-0.2, 0) is 0 Å². The summed E-state index contributed by atoms with van der Waals surface area (Å²) < 4.78 is 0. The van der Waals surface area contributed by atoms with Crippen molar-refractivity contribution in [3.63, 3.8) is 0 Å². The number of hydrogen-bond acceptors (Lipinski definition) is 3. The molecule has 2 saturated heterocycles. The van der Waals surface area contributed by atoms with Gasteiger partial charge in [0.05, 0.1) is 6.10 Å². The van der Waals surface area contributed by atoms with Crippen LogP contribution in [0.1, 0.15) is 24.3 Å². The highest BCUT2D eigenvalue weighted by atomic mass is 35.5. The van der Waals surface area contributed by atoms with Crippen LogP contribution in [0.5, 0.6) is 0 Å². The Morgan fingerprint density at radius 2 is 1.79 bits per heavy atom. The van der Waals surface area contributed by atoms with E-state index in [4.69, 9.17) is 11.6 Å². The van der Waals surface area contributed by atoms with E-state index in [0.29, 0.717) is 12.0 Å². The van der Waals surface area contributed by atoms with E-state index >= 15 is 0 Å². The number of likely N-dealkylation sites (tertiary alicyclic amines) is 1. The summed E-state index contributed by atoms with van der Waals surface area (Å²) >= 11 is 5.93. The van der Waals surface area contributed by atoms with Gasteiger partial charge in [0.25, 0.3) is 0 Å². The van der Waals surface area contributed by atoms with E-state index in [1.54, 1.807) is 0 Å². The summed E-state index contributed by atoms with van der Waals surface area (Å²) in [7, 11) is 0. The number of halogens is 1. The van der Waals surface area contributed by atoms with Gasteiger partial charge in [-0.1, -0.05) is 23.7 Å². The highest BCUT2D eigenvalue weighted by Gasteiger charge is 2.33. The van der Waals surface area contributed by atoms with Crippen molar-refractivity contribution in [1.29, 1.82) is 0 Å². The zero-order valence-corrected chi connectivity index (χ0v) is 11.8. The molecule has 0 aromatic heterocycles. The summed E-state index contributed by atoms with van der Waals surface area (Å²) in [6, 6.07) is 8.57.